The van der Waals surface area contributed by atoms with Crippen LogP contribution in [0.1, 0.15) is 49.9 Å². The summed E-state index contributed by atoms with van der Waals surface area (Å²) in [6, 6.07) is 6.06. The Balaban J connectivity index is 1.79. The highest BCUT2D eigenvalue weighted by atomic mass is 16.5. The lowest BCUT2D eigenvalue weighted by atomic mass is 10.0. The average Bonchev–Trinajstić information content (AvgIpc) is 2.60. The zero-order chi connectivity index (χ0) is 17.4. The Morgan fingerprint density at radius 3 is 2.88 bits per heavy atom. The fourth-order valence-electron chi connectivity index (χ4n) is 3.33. The van der Waals surface area contributed by atoms with Gasteiger partial charge in [-0.1, -0.05) is 0 Å². The van der Waals surface area contributed by atoms with E-state index < -0.39 is 0 Å². The van der Waals surface area contributed by atoms with Crippen LogP contribution in [0.15, 0.2) is 18.2 Å². The number of hydrogen-bond donors (Lipinski definition) is 2. The second kappa shape index (κ2) is 9.52. The van der Waals surface area contributed by atoms with Gasteiger partial charge in [-0.2, -0.15) is 0 Å². The Morgan fingerprint density at radius 1 is 1.33 bits per heavy atom. The smallest absolute Gasteiger partial charge is 0.251 e. The minimum absolute atomic E-state index is 0.0574. The van der Waals surface area contributed by atoms with Crippen LogP contribution in [0.2, 0.25) is 0 Å². The van der Waals surface area contributed by atoms with E-state index in [1.165, 1.54) is 25.8 Å². The van der Waals surface area contributed by atoms with Gasteiger partial charge in [0.2, 0.25) is 0 Å². The molecule has 0 spiro atoms. The summed E-state index contributed by atoms with van der Waals surface area (Å²) in [6.45, 7) is 7.94. The van der Waals surface area contributed by atoms with Crippen molar-refractivity contribution in [2.24, 2.45) is 0 Å². The molecule has 1 unspecified atom stereocenters. The summed E-state index contributed by atoms with van der Waals surface area (Å²) in [5, 5.41) is 3.01. The first kappa shape index (κ1) is 18.6. The number of carbonyl (C=O) groups excluding carboxylic acids is 1. The van der Waals surface area contributed by atoms with E-state index in [4.69, 9.17) is 9.47 Å². The number of quaternary nitrogens is 1. The molecule has 2 atom stereocenters. The molecule has 1 aromatic rings. The van der Waals surface area contributed by atoms with Gasteiger partial charge in [0.15, 0.2) is 11.5 Å². The second-order valence-electron chi connectivity index (χ2n) is 6.46. The molecule has 1 saturated heterocycles. The van der Waals surface area contributed by atoms with Crippen molar-refractivity contribution in [3.63, 3.8) is 0 Å². The number of rotatable bonds is 8. The summed E-state index contributed by atoms with van der Waals surface area (Å²) in [7, 11) is 1.59. The van der Waals surface area contributed by atoms with Crippen molar-refractivity contribution in [2.45, 2.75) is 45.6 Å². The zero-order valence-corrected chi connectivity index (χ0v) is 15.2. The number of benzene rings is 1. The van der Waals surface area contributed by atoms with E-state index in [2.05, 4.69) is 12.2 Å². The number of carbonyl (C=O) groups is 1. The summed E-state index contributed by atoms with van der Waals surface area (Å²) in [5.41, 5.74) is 0.606. The third-order valence-electron chi connectivity index (χ3n) is 4.77. The Kier molecular flexibility index (Phi) is 7.37. The lowest BCUT2D eigenvalue weighted by Gasteiger charge is -2.30. The first-order valence-corrected chi connectivity index (χ1v) is 9.09. The van der Waals surface area contributed by atoms with E-state index >= 15 is 0 Å². The molecule has 1 fully saturated rings. The highest BCUT2D eigenvalue weighted by Crippen LogP contribution is 2.27. The first-order valence-electron chi connectivity index (χ1n) is 9.09. The summed E-state index contributed by atoms with van der Waals surface area (Å²) in [5.74, 6) is 1.20. The van der Waals surface area contributed by atoms with Gasteiger partial charge < -0.3 is 19.7 Å². The zero-order valence-electron chi connectivity index (χ0n) is 15.2. The van der Waals surface area contributed by atoms with Crippen LogP contribution in [-0.2, 0) is 0 Å². The molecule has 1 aliphatic heterocycles. The summed E-state index contributed by atoms with van der Waals surface area (Å²) >= 11 is 0. The van der Waals surface area contributed by atoms with Crippen LogP contribution in [0.3, 0.4) is 0 Å². The third-order valence-corrected chi connectivity index (χ3v) is 4.77. The van der Waals surface area contributed by atoms with E-state index in [9.17, 15) is 4.79 Å². The molecule has 1 amide bonds. The standard InChI is InChI=1S/C19H30N2O3/c1-4-24-17-10-9-16(14-18(17)23-3)19(22)20-11-7-13-21-12-6-5-8-15(21)2/h9-10,14-15H,4-8,11-13H2,1-3H3,(H,20,22)/p+1/t15-/m1/s1. The van der Waals surface area contributed by atoms with Gasteiger partial charge in [0.1, 0.15) is 0 Å². The number of likely N-dealkylation sites (tertiary alicyclic amines) is 1. The lowest BCUT2D eigenvalue weighted by molar-refractivity contribution is -0.928. The molecule has 0 aromatic heterocycles. The highest BCUT2D eigenvalue weighted by Gasteiger charge is 2.21. The van der Waals surface area contributed by atoms with Gasteiger partial charge in [-0.25, -0.2) is 0 Å². The van der Waals surface area contributed by atoms with Crippen LogP contribution < -0.4 is 19.7 Å². The molecule has 1 aliphatic rings. The molecule has 0 radical (unpaired) electrons. The van der Waals surface area contributed by atoms with Crippen molar-refractivity contribution >= 4 is 5.91 Å². The fourth-order valence-corrected chi connectivity index (χ4v) is 3.33. The van der Waals surface area contributed by atoms with Crippen LogP contribution in [0, 0.1) is 0 Å². The van der Waals surface area contributed by atoms with Gasteiger partial charge in [-0.3, -0.25) is 4.79 Å². The molecular formula is C19H31N2O3+. The normalized spacial score (nSPS) is 20.5. The van der Waals surface area contributed by atoms with Crippen LogP contribution in [-0.4, -0.2) is 45.3 Å². The Labute approximate surface area is 145 Å². The van der Waals surface area contributed by atoms with Crippen LogP contribution in [0.5, 0.6) is 11.5 Å². The van der Waals surface area contributed by atoms with Crippen LogP contribution in [0.25, 0.3) is 0 Å². The quantitative estimate of drug-likeness (QED) is 0.711. The first-order chi connectivity index (χ1) is 11.7. The summed E-state index contributed by atoms with van der Waals surface area (Å²) in [4.78, 5) is 14.0. The van der Waals surface area contributed by atoms with E-state index in [0.717, 1.165) is 19.0 Å². The Hall–Kier alpha value is -1.75. The van der Waals surface area contributed by atoms with E-state index in [1.807, 2.05) is 6.92 Å². The molecule has 134 valence electrons. The minimum Gasteiger partial charge on any atom is -0.493 e. The minimum atomic E-state index is -0.0574. The Bertz CT molecular complexity index is 533. The van der Waals surface area contributed by atoms with Crippen molar-refractivity contribution in [3.05, 3.63) is 23.8 Å². The van der Waals surface area contributed by atoms with Crippen LogP contribution in [0.4, 0.5) is 0 Å². The molecule has 5 nitrogen and oxygen atoms in total. The molecule has 0 aliphatic carbocycles. The molecule has 2 N–H and O–H groups in total. The van der Waals surface area contributed by atoms with Gasteiger partial charge in [0.25, 0.3) is 5.91 Å². The maximum absolute atomic E-state index is 12.3. The molecule has 1 aromatic carbocycles. The molecule has 0 saturated carbocycles. The SMILES string of the molecule is CCOc1ccc(C(=O)NCCC[NH+]2CCCC[C@H]2C)cc1OC. The second-order valence-corrected chi connectivity index (χ2v) is 6.46. The number of nitrogens with one attached hydrogen (secondary N) is 2. The van der Waals surface area contributed by atoms with Gasteiger partial charge in [0.05, 0.1) is 32.8 Å². The van der Waals surface area contributed by atoms with E-state index in [1.54, 1.807) is 30.2 Å². The highest BCUT2D eigenvalue weighted by molar-refractivity contribution is 5.94. The topological polar surface area (TPSA) is 52.0 Å². The molecule has 0 bridgehead atoms. The summed E-state index contributed by atoms with van der Waals surface area (Å²) in [6.07, 6.45) is 5.03. The summed E-state index contributed by atoms with van der Waals surface area (Å²) < 4.78 is 10.8. The number of amides is 1. The lowest BCUT2D eigenvalue weighted by Crippen LogP contribution is -3.16. The van der Waals surface area contributed by atoms with E-state index in [0.29, 0.717) is 30.2 Å². The average molecular weight is 335 g/mol. The molecular weight excluding hydrogens is 304 g/mol. The van der Waals surface area contributed by atoms with Crippen molar-refractivity contribution in [1.82, 2.24) is 5.32 Å². The molecule has 24 heavy (non-hydrogen) atoms. The third kappa shape index (κ3) is 5.13. The molecule has 5 heteroatoms. The van der Waals surface area contributed by atoms with E-state index in [-0.39, 0.29) is 5.91 Å². The monoisotopic (exact) mass is 335 g/mol. The van der Waals surface area contributed by atoms with Gasteiger partial charge in [-0.05, 0) is 51.3 Å². The largest absolute Gasteiger partial charge is 0.493 e. The maximum atomic E-state index is 12.3. The van der Waals surface area contributed by atoms with Gasteiger partial charge >= 0.3 is 0 Å². The fraction of sp³-hybridized carbons (Fsp3) is 0.632. The van der Waals surface area contributed by atoms with Crippen molar-refractivity contribution < 1.29 is 19.2 Å². The van der Waals surface area contributed by atoms with Crippen LogP contribution >= 0.6 is 0 Å². The predicted molar refractivity (Wildman–Crippen MR) is 95.1 cm³/mol. The Morgan fingerprint density at radius 2 is 2.17 bits per heavy atom. The van der Waals surface area contributed by atoms with Gasteiger partial charge in [-0.15, -0.1) is 0 Å². The van der Waals surface area contributed by atoms with Crippen molar-refractivity contribution in [1.29, 1.82) is 0 Å². The van der Waals surface area contributed by atoms with Crippen molar-refractivity contribution in [3.8, 4) is 11.5 Å². The number of ether oxygens (including phenoxy) is 2. The number of methoxy groups -OCH3 is 1. The molecule has 1 heterocycles. The number of piperidine rings is 1. The maximum Gasteiger partial charge on any atom is 0.251 e. The molecule has 2 rings (SSSR count). The van der Waals surface area contributed by atoms with Crippen molar-refractivity contribution in [2.75, 3.05) is 33.4 Å². The number of hydrogen-bond acceptors (Lipinski definition) is 3. The predicted octanol–water partition coefficient (Wildman–Crippen LogP) is 1.67. The van der Waals surface area contributed by atoms with Gasteiger partial charge in [0, 0.05) is 18.5 Å².